The number of hydrogen-bond acceptors (Lipinski definition) is 7. The molecule has 3 rings (SSSR count). The van der Waals surface area contributed by atoms with Crippen LogP contribution < -0.4 is 0 Å². The van der Waals surface area contributed by atoms with E-state index < -0.39 is 11.9 Å². The van der Waals surface area contributed by atoms with Gasteiger partial charge in [-0.05, 0) is 113 Å². The maximum Gasteiger partial charge on any atom is 0.338 e. The first kappa shape index (κ1) is 31.5. The third-order valence-electron chi connectivity index (χ3n) is 7.78. The minimum atomic E-state index is -0.420. The SMILES string of the molecule is CCN(CC)CCCCCOC(=O)c1ccc2c(c1)C(=O)c1cc(C(=O)OCCCCCN(CC)CC)ccc1-2. The molecule has 0 bridgehead atoms. The molecule has 0 N–H and O–H groups in total. The van der Waals surface area contributed by atoms with Gasteiger partial charge in [-0.3, -0.25) is 4.79 Å². The minimum Gasteiger partial charge on any atom is -0.462 e. The second-order valence-electron chi connectivity index (χ2n) is 10.3. The molecule has 7 heteroatoms. The molecule has 40 heavy (non-hydrogen) atoms. The van der Waals surface area contributed by atoms with Gasteiger partial charge >= 0.3 is 11.9 Å². The van der Waals surface area contributed by atoms with Gasteiger partial charge in [0.2, 0.25) is 0 Å². The van der Waals surface area contributed by atoms with Gasteiger partial charge < -0.3 is 19.3 Å². The Hall–Kier alpha value is -3.03. The van der Waals surface area contributed by atoms with Crippen molar-refractivity contribution in [2.75, 3.05) is 52.5 Å². The molecule has 0 fully saturated rings. The van der Waals surface area contributed by atoms with E-state index in [4.69, 9.17) is 9.47 Å². The van der Waals surface area contributed by atoms with Gasteiger partial charge in [-0.25, -0.2) is 9.59 Å². The summed E-state index contributed by atoms with van der Waals surface area (Å²) in [5.41, 5.74) is 3.18. The number of ketones is 1. The highest BCUT2D eigenvalue weighted by molar-refractivity contribution is 6.22. The van der Waals surface area contributed by atoms with Crippen molar-refractivity contribution >= 4 is 17.7 Å². The number of fused-ring (bicyclic) bond motifs is 3. The topological polar surface area (TPSA) is 76.1 Å². The first-order valence-electron chi connectivity index (χ1n) is 15.0. The molecule has 0 atom stereocenters. The van der Waals surface area contributed by atoms with Crippen LogP contribution >= 0.6 is 0 Å². The minimum absolute atomic E-state index is 0.192. The lowest BCUT2D eigenvalue weighted by Crippen LogP contribution is -2.23. The van der Waals surface area contributed by atoms with Crippen molar-refractivity contribution in [3.63, 3.8) is 0 Å². The van der Waals surface area contributed by atoms with Gasteiger partial charge in [0.25, 0.3) is 0 Å². The van der Waals surface area contributed by atoms with E-state index >= 15 is 0 Å². The van der Waals surface area contributed by atoms with Crippen molar-refractivity contribution in [3.8, 4) is 11.1 Å². The fourth-order valence-corrected chi connectivity index (χ4v) is 5.14. The van der Waals surface area contributed by atoms with E-state index in [1.807, 2.05) is 0 Å². The van der Waals surface area contributed by atoms with Crippen molar-refractivity contribution in [1.29, 1.82) is 0 Å². The third-order valence-corrected chi connectivity index (χ3v) is 7.78. The first-order chi connectivity index (χ1) is 19.4. The molecule has 2 aromatic rings. The molecule has 2 aromatic carbocycles. The van der Waals surface area contributed by atoms with Crippen LogP contribution in [0.4, 0.5) is 0 Å². The van der Waals surface area contributed by atoms with Crippen molar-refractivity contribution in [2.45, 2.75) is 66.2 Å². The van der Waals surface area contributed by atoms with Crippen LogP contribution in [-0.4, -0.2) is 80.0 Å². The van der Waals surface area contributed by atoms with Gasteiger partial charge in [-0.1, -0.05) is 39.8 Å². The molecule has 0 saturated heterocycles. The van der Waals surface area contributed by atoms with Crippen LogP contribution in [0.15, 0.2) is 36.4 Å². The monoisotopic (exact) mass is 550 g/mol. The number of hydrogen-bond donors (Lipinski definition) is 0. The summed E-state index contributed by atoms with van der Waals surface area (Å²) in [6, 6.07) is 10.2. The molecule has 0 aromatic heterocycles. The molecule has 0 spiro atoms. The Kier molecular flexibility index (Phi) is 12.8. The van der Waals surface area contributed by atoms with Crippen LogP contribution in [0.1, 0.15) is 103 Å². The van der Waals surface area contributed by atoms with E-state index in [9.17, 15) is 14.4 Å². The Morgan fingerprint density at radius 1 is 0.575 bits per heavy atom. The van der Waals surface area contributed by atoms with Gasteiger partial charge in [0.1, 0.15) is 0 Å². The lowest BCUT2D eigenvalue weighted by Gasteiger charge is -2.17. The molecule has 0 heterocycles. The maximum absolute atomic E-state index is 13.2. The zero-order valence-corrected chi connectivity index (χ0v) is 24.8. The predicted molar refractivity (Wildman–Crippen MR) is 159 cm³/mol. The highest BCUT2D eigenvalue weighted by Gasteiger charge is 2.29. The fraction of sp³-hybridized carbons (Fsp3) is 0.545. The molecule has 1 aliphatic carbocycles. The number of carbonyl (C=O) groups is 3. The van der Waals surface area contributed by atoms with Crippen molar-refractivity contribution in [1.82, 2.24) is 9.80 Å². The molecule has 0 saturated carbocycles. The van der Waals surface area contributed by atoms with E-state index in [0.717, 1.165) is 88.9 Å². The second-order valence-corrected chi connectivity index (χ2v) is 10.3. The van der Waals surface area contributed by atoms with E-state index in [0.29, 0.717) is 35.5 Å². The zero-order chi connectivity index (χ0) is 28.9. The summed E-state index contributed by atoms with van der Waals surface area (Å²) >= 11 is 0. The number of nitrogens with zero attached hydrogens (tertiary/aromatic N) is 2. The Morgan fingerprint density at radius 3 is 1.35 bits per heavy atom. The Balaban J connectivity index is 1.49. The number of esters is 2. The van der Waals surface area contributed by atoms with Gasteiger partial charge in [0.05, 0.1) is 24.3 Å². The van der Waals surface area contributed by atoms with E-state index in [-0.39, 0.29) is 5.78 Å². The van der Waals surface area contributed by atoms with Crippen molar-refractivity contribution in [2.24, 2.45) is 0 Å². The summed E-state index contributed by atoms with van der Waals surface area (Å²) in [6.07, 6.45) is 5.80. The van der Waals surface area contributed by atoms with E-state index in [1.54, 1.807) is 36.4 Å². The van der Waals surface area contributed by atoms with Gasteiger partial charge in [-0.15, -0.1) is 0 Å². The highest BCUT2D eigenvalue weighted by atomic mass is 16.5. The summed E-state index contributed by atoms with van der Waals surface area (Å²) in [7, 11) is 0. The molecular weight excluding hydrogens is 504 g/mol. The fourth-order valence-electron chi connectivity index (χ4n) is 5.14. The average Bonchev–Trinajstić information content (AvgIpc) is 3.26. The molecule has 0 aliphatic heterocycles. The van der Waals surface area contributed by atoms with Crippen LogP contribution in [0.25, 0.3) is 11.1 Å². The predicted octanol–water partition coefficient (Wildman–Crippen LogP) is 6.24. The Morgan fingerprint density at radius 2 is 0.975 bits per heavy atom. The third kappa shape index (κ3) is 8.48. The summed E-state index contributed by atoms with van der Waals surface area (Å²) in [5, 5.41) is 0. The number of ether oxygens (including phenoxy) is 2. The zero-order valence-electron chi connectivity index (χ0n) is 24.8. The molecule has 0 radical (unpaired) electrons. The lowest BCUT2D eigenvalue weighted by atomic mass is 10.0. The summed E-state index contributed by atoms with van der Waals surface area (Å²) < 4.78 is 10.9. The summed E-state index contributed by atoms with van der Waals surface area (Å²) in [6.45, 7) is 15.7. The highest BCUT2D eigenvalue weighted by Crippen LogP contribution is 2.37. The van der Waals surface area contributed by atoms with Crippen LogP contribution in [0.3, 0.4) is 0 Å². The molecule has 1 aliphatic rings. The van der Waals surface area contributed by atoms with Crippen LogP contribution in [0.2, 0.25) is 0 Å². The lowest BCUT2D eigenvalue weighted by molar-refractivity contribution is 0.0488. The molecular formula is C33H46N2O5. The van der Waals surface area contributed by atoms with Crippen LogP contribution in [0, 0.1) is 0 Å². The number of carbonyl (C=O) groups excluding carboxylic acids is 3. The first-order valence-corrected chi connectivity index (χ1v) is 15.0. The number of rotatable bonds is 18. The smallest absolute Gasteiger partial charge is 0.338 e. The number of unbranched alkanes of at least 4 members (excludes halogenated alkanes) is 4. The van der Waals surface area contributed by atoms with Crippen LogP contribution in [-0.2, 0) is 9.47 Å². The largest absolute Gasteiger partial charge is 0.462 e. The normalized spacial score (nSPS) is 12.1. The van der Waals surface area contributed by atoms with Crippen molar-refractivity contribution < 1.29 is 23.9 Å². The maximum atomic E-state index is 13.2. The van der Waals surface area contributed by atoms with Crippen molar-refractivity contribution in [3.05, 3.63) is 58.7 Å². The Bertz CT molecular complexity index is 1050. The average molecular weight is 551 g/mol. The van der Waals surface area contributed by atoms with E-state index in [1.165, 1.54) is 0 Å². The van der Waals surface area contributed by atoms with Gasteiger partial charge in [0, 0.05) is 11.1 Å². The second kappa shape index (κ2) is 16.3. The molecule has 218 valence electrons. The number of benzene rings is 2. The summed E-state index contributed by atoms with van der Waals surface area (Å²) in [4.78, 5) is 43.2. The molecule has 0 amide bonds. The molecule has 0 unspecified atom stereocenters. The van der Waals surface area contributed by atoms with Gasteiger partial charge in [0.15, 0.2) is 5.78 Å². The van der Waals surface area contributed by atoms with E-state index in [2.05, 4.69) is 37.5 Å². The Labute approximate surface area is 239 Å². The van der Waals surface area contributed by atoms with Crippen LogP contribution in [0.5, 0.6) is 0 Å². The standard InChI is InChI=1S/C33H46N2O5/c1-5-34(6-2)19-11-9-13-21-39-32(37)25-15-17-27-28-18-16-26(24-30(28)31(36)29(27)23-25)33(38)40-22-14-10-12-20-35(7-3)8-4/h15-18,23-24H,5-14,19-22H2,1-4H3. The quantitative estimate of drug-likeness (QED) is 0.137. The molecule has 7 nitrogen and oxygen atoms in total. The van der Waals surface area contributed by atoms with Gasteiger partial charge in [-0.2, -0.15) is 0 Å². The summed E-state index contributed by atoms with van der Waals surface area (Å²) in [5.74, 6) is -1.03.